The largest absolute Gasteiger partial charge is 0.416 e. The Balaban J connectivity index is 2.62. The first kappa shape index (κ1) is 11.5. The lowest BCUT2D eigenvalue weighted by Crippen LogP contribution is -2.53. The molecule has 0 amide bonds. The predicted molar refractivity (Wildman–Crippen MR) is 56.4 cm³/mol. The first-order chi connectivity index (χ1) is 7.98. The van der Waals surface area contributed by atoms with Crippen LogP contribution in [-0.4, -0.2) is 21.0 Å². The van der Waals surface area contributed by atoms with Gasteiger partial charge in [0.2, 0.25) is 0 Å². The van der Waals surface area contributed by atoms with E-state index >= 15 is 0 Å². The molecule has 17 heavy (non-hydrogen) atoms. The van der Waals surface area contributed by atoms with E-state index < -0.39 is 21.6 Å². The molecule has 1 N–H and O–H groups in total. The number of aryl methyl sites for hydroxylation is 1. The van der Waals surface area contributed by atoms with E-state index in [4.69, 9.17) is 0 Å². The van der Waals surface area contributed by atoms with E-state index in [-0.39, 0.29) is 12.0 Å². The maximum atomic E-state index is 11.0. The van der Waals surface area contributed by atoms with Crippen molar-refractivity contribution in [2.75, 3.05) is 0 Å². The summed E-state index contributed by atoms with van der Waals surface area (Å²) in [6, 6.07) is 4.61. The van der Waals surface area contributed by atoms with Gasteiger partial charge in [0.05, 0.1) is 10.5 Å². The molecular formula is C10H10N2O5. The van der Waals surface area contributed by atoms with Crippen molar-refractivity contribution in [3.05, 3.63) is 55.6 Å². The molecule has 0 aliphatic heterocycles. The summed E-state index contributed by atoms with van der Waals surface area (Å²) in [6.07, 6.45) is 0.319. The zero-order valence-electron chi connectivity index (χ0n) is 8.78. The van der Waals surface area contributed by atoms with Crippen LogP contribution in [0.4, 0.5) is 0 Å². The minimum Gasteiger partial charge on any atom is -0.321 e. The minimum absolute atomic E-state index is 0.0259. The van der Waals surface area contributed by atoms with Crippen LogP contribution in [0.1, 0.15) is 17.5 Å². The Morgan fingerprint density at radius 3 is 2.53 bits per heavy atom. The van der Waals surface area contributed by atoms with Gasteiger partial charge >= 0.3 is 11.8 Å². The zero-order valence-corrected chi connectivity index (χ0v) is 8.78. The van der Waals surface area contributed by atoms with Crippen molar-refractivity contribution in [3.8, 4) is 0 Å². The Labute approximate surface area is 96.0 Å². The molecule has 0 radical (unpaired) electrons. The van der Waals surface area contributed by atoms with E-state index in [1.807, 2.05) is 0 Å². The maximum Gasteiger partial charge on any atom is 0.416 e. The number of benzene rings is 1. The van der Waals surface area contributed by atoms with Crippen LogP contribution in [0.15, 0.2) is 24.3 Å². The Kier molecular flexibility index (Phi) is 2.55. The minimum atomic E-state index is -2.63. The average Bonchev–Trinajstić information content (AvgIpc) is 2.29. The van der Waals surface area contributed by atoms with Crippen LogP contribution in [-0.2, 0) is 12.1 Å². The van der Waals surface area contributed by atoms with Crippen molar-refractivity contribution in [1.29, 1.82) is 0 Å². The SMILES string of the molecule is O=[N+]([O-])C1CCc2ccccc2C1(O)[N+](=O)[O-]. The third kappa shape index (κ3) is 1.55. The fourth-order valence-corrected chi connectivity index (χ4v) is 2.24. The molecule has 7 heteroatoms. The molecule has 0 spiro atoms. The Morgan fingerprint density at radius 2 is 1.94 bits per heavy atom. The Hall–Kier alpha value is -2.02. The van der Waals surface area contributed by atoms with Gasteiger partial charge in [-0.1, -0.05) is 18.2 Å². The number of rotatable bonds is 2. The molecule has 1 aliphatic carbocycles. The van der Waals surface area contributed by atoms with Crippen LogP contribution in [0, 0.1) is 20.2 Å². The van der Waals surface area contributed by atoms with E-state index in [1.165, 1.54) is 12.1 Å². The van der Waals surface area contributed by atoms with Gasteiger partial charge in [-0.05, 0) is 18.1 Å². The third-order valence-corrected chi connectivity index (χ3v) is 3.10. The monoisotopic (exact) mass is 238 g/mol. The molecular weight excluding hydrogens is 228 g/mol. The smallest absolute Gasteiger partial charge is 0.321 e. The van der Waals surface area contributed by atoms with Crippen molar-refractivity contribution in [2.45, 2.75) is 24.6 Å². The fourth-order valence-electron chi connectivity index (χ4n) is 2.24. The number of hydrogen-bond donors (Lipinski definition) is 1. The van der Waals surface area contributed by atoms with Crippen molar-refractivity contribution in [3.63, 3.8) is 0 Å². The molecule has 1 aliphatic rings. The molecule has 0 fully saturated rings. The lowest BCUT2D eigenvalue weighted by molar-refractivity contribution is -0.708. The van der Waals surface area contributed by atoms with Crippen LogP contribution >= 0.6 is 0 Å². The van der Waals surface area contributed by atoms with Crippen molar-refractivity contribution < 1.29 is 15.0 Å². The van der Waals surface area contributed by atoms with Crippen molar-refractivity contribution >= 4 is 0 Å². The second kappa shape index (κ2) is 3.77. The van der Waals surface area contributed by atoms with E-state index in [0.717, 1.165) is 0 Å². The third-order valence-electron chi connectivity index (χ3n) is 3.10. The molecule has 2 unspecified atom stereocenters. The normalized spacial score (nSPS) is 27.2. The predicted octanol–water partition coefficient (Wildman–Crippen LogP) is 0.700. The van der Waals surface area contributed by atoms with E-state index in [1.54, 1.807) is 12.1 Å². The first-order valence-electron chi connectivity index (χ1n) is 5.06. The van der Waals surface area contributed by atoms with Gasteiger partial charge in [0.15, 0.2) is 0 Å². The number of aliphatic hydroxyl groups is 1. The summed E-state index contributed by atoms with van der Waals surface area (Å²) in [5, 5.41) is 31.9. The molecule has 1 aromatic carbocycles. The topological polar surface area (TPSA) is 107 Å². The van der Waals surface area contributed by atoms with Gasteiger partial charge in [-0.25, -0.2) is 0 Å². The van der Waals surface area contributed by atoms with Gasteiger partial charge in [-0.2, -0.15) is 0 Å². The van der Waals surface area contributed by atoms with Crippen molar-refractivity contribution in [2.24, 2.45) is 0 Å². The Morgan fingerprint density at radius 1 is 1.29 bits per heavy atom. The standard InChI is InChI=1S/C10H10N2O5/c13-10(12(16)17)8-4-2-1-3-7(8)5-6-9(10)11(14)15/h1-4,9,13H,5-6H2. The fraction of sp³-hybridized carbons (Fsp3) is 0.400. The number of nitro groups is 2. The highest BCUT2D eigenvalue weighted by molar-refractivity contribution is 5.34. The molecule has 0 aromatic heterocycles. The average molecular weight is 238 g/mol. The molecule has 0 saturated carbocycles. The Bertz CT molecular complexity index is 489. The van der Waals surface area contributed by atoms with Crippen LogP contribution < -0.4 is 0 Å². The van der Waals surface area contributed by atoms with Gasteiger partial charge in [0, 0.05) is 11.3 Å². The zero-order chi connectivity index (χ0) is 12.6. The summed E-state index contributed by atoms with van der Waals surface area (Å²) in [6.45, 7) is 0. The van der Waals surface area contributed by atoms with E-state index in [9.17, 15) is 25.3 Å². The second-order valence-electron chi connectivity index (χ2n) is 3.98. The lowest BCUT2D eigenvalue weighted by atomic mass is 9.81. The van der Waals surface area contributed by atoms with Gasteiger partial charge in [-0.15, -0.1) is 0 Å². The number of fused-ring (bicyclic) bond motifs is 1. The molecule has 1 aromatic rings. The highest BCUT2D eigenvalue weighted by Gasteiger charge is 2.61. The highest BCUT2D eigenvalue weighted by Crippen LogP contribution is 2.37. The maximum absolute atomic E-state index is 11.0. The second-order valence-corrected chi connectivity index (χ2v) is 3.98. The van der Waals surface area contributed by atoms with E-state index in [2.05, 4.69) is 0 Å². The van der Waals surface area contributed by atoms with Crippen LogP contribution in [0.3, 0.4) is 0 Å². The van der Waals surface area contributed by atoms with Gasteiger partial charge in [0.25, 0.3) is 0 Å². The number of nitrogens with zero attached hydrogens (tertiary/aromatic N) is 2. The van der Waals surface area contributed by atoms with Crippen LogP contribution in [0.5, 0.6) is 0 Å². The molecule has 0 heterocycles. The summed E-state index contributed by atoms with van der Waals surface area (Å²) in [5.41, 5.74) is -2.01. The van der Waals surface area contributed by atoms with E-state index in [0.29, 0.717) is 12.0 Å². The van der Waals surface area contributed by atoms with Crippen LogP contribution in [0.25, 0.3) is 0 Å². The lowest BCUT2D eigenvalue weighted by Gasteiger charge is -2.28. The molecule has 7 nitrogen and oxygen atoms in total. The van der Waals surface area contributed by atoms with Gasteiger partial charge < -0.3 is 5.11 Å². The number of hydrogen-bond acceptors (Lipinski definition) is 5. The summed E-state index contributed by atoms with van der Waals surface area (Å²) in [4.78, 5) is 20.1. The summed E-state index contributed by atoms with van der Waals surface area (Å²) in [5.74, 6) is 0. The summed E-state index contributed by atoms with van der Waals surface area (Å²) >= 11 is 0. The van der Waals surface area contributed by atoms with Gasteiger partial charge in [-0.3, -0.25) is 20.2 Å². The molecule has 2 rings (SSSR count). The molecule has 90 valence electrons. The summed E-state index contributed by atoms with van der Waals surface area (Å²) < 4.78 is 0. The van der Waals surface area contributed by atoms with Gasteiger partial charge in [0.1, 0.15) is 0 Å². The first-order valence-corrected chi connectivity index (χ1v) is 5.06. The quantitative estimate of drug-likeness (QED) is 0.463. The molecule has 2 atom stereocenters. The van der Waals surface area contributed by atoms with Crippen molar-refractivity contribution in [1.82, 2.24) is 0 Å². The van der Waals surface area contributed by atoms with Crippen LogP contribution in [0.2, 0.25) is 0 Å². The molecule has 0 saturated heterocycles. The molecule has 0 bridgehead atoms. The highest BCUT2D eigenvalue weighted by atomic mass is 16.7. The summed E-state index contributed by atoms with van der Waals surface area (Å²) in [7, 11) is 0.